The van der Waals surface area contributed by atoms with Crippen molar-refractivity contribution in [3.05, 3.63) is 48.4 Å². The van der Waals surface area contributed by atoms with Crippen LogP contribution in [-0.4, -0.2) is 46.9 Å². The molecule has 0 radical (unpaired) electrons. The number of nitrogens with two attached hydrogens (primary N) is 1. The van der Waals surface area contributed by atoms with Crippen molar-refractivity contribution in [2.75, 3.05) is 24.9 Å². The molecule has 4 N–H and O–H groups in total. The lowest BCUT2D eigenvalue weighted by molar-refractivity contribution is -0.117. The number of hydrogen-bond donors (Lipinski definition) is 3. The average Bonchev–Trinajstić information content (AvgIpc) is 3.42. The van der Waals surface area contributed by atoms with Crippen LogP contribution < -0.4 is 21.1 Å². The van der Waals surface area contributed by atoms with Gasteiger partial charge in [0.2, 0.25) is 5.91 Å². The first-order valence-corrected chi connectivity index (χ1v) is 12.1. The molecule has 2 fully saturated rings. The van der Waals surface area contributed by atoms with Gasteiger partial charge in [0.25, 0.3) is 5.91 Å². The minimum absolute atomic E-state index is 0.0279. The first kappa shape index (κ1) is 23.8. The zero-order valence-corrected chi connectivity index (χ0v) is 20.4. The number of carbonyl (C=O) groups is 2. The molecule has 2 amide bonds. The molecule has 2 atom stereocenters. The van der Waals surface area contributed by atoms with Crippen LogP contribution in [0.5, 0.6) is 5.75 Å². The summed E-state index contributed by atoms with van der Waals surface area (Å²) in [7, 11) is 3.34. The number of anilines is 3. The number of nitrogens with zero attached hydrogens (tertiary/aromatic N) is 3. The Labute approximate surface area is 209 Å². The van der Waals surface area contributed by atoms with E-state index in [1.807, 2.05) is 35.3 Å². The molecule has 0 aliphatic heterocycles. The van der Waals surface area contributed by atoms with Gasteiger partial charge in [-0.3, -0.25) is 14.3 Å². The van der Waals surface area contributed by atoms with E-state index in [9.17, 15) is 9.59 Å². The minimum Gasteiger partial charge on any atom is -0.494 e. The molecular formula is C26H30N6O4. The summed E-state index contributed by atoms with van der Waals surface area (Å²) in [6.45, 7) is 0. The first-order chi connectivity index (χ1) is 17.5. The summed E-state index contributed by atoms with van der Waals surface area (Å²) in [6.07, 6.45) is 10.3. The van der Waals surface area contributed by atoms with Crippen LogP contribution in [0.2, 0.25) is 0 Å². The summed E-state index contributed by atoms with van der Waals surface area (Å²) in [5.41, 5.74) is 8.59. The number of pyridine rings is 1. The molecule has 2 aromatic heterocycles. The standard InChI is InChI=1S/C26H30N6O4/c1-35-22-8-4-7-21(22)32-14-16(12-29-32)17-5-3-6-19(24(17)36-2)30-20-11-23(28-13-18(20)25(27)33)31-26(34)15-9-10-15/h3,5-6,11-15,21-22H,4,7-10H2,1-2H3,(H2,27,33)(H2,28,30,31,34)/t21-,22+/m1/s1. The zero-order valence-electron chi connectivity index (χ0n) is 20.4. The van der Waals surface area contributed by atoms with E-state index >= 15 is 0 Å². The highest BCUT2D eigenvalue weighted by Crippen LogP contribution is 2.40. The zero-order chi connectivity index (χ0) is 25.2. The Morgan fingerprint density at radius 3 is 2.67 bits per heavy atom. The van der Waals surface area contributed by atoms with Gasteiger partial charge in [-0.15, -0.1) is 0 Å². The highest BCUT2D eigenvalue weighted by Gasteiger charge is 2.31. The van der Waals surface area contributed by atoms with Gasteiger partial charge in [0.1, 0.15) is 11.6 Å². The van der Waals surface area contributed by atoms with Gasteiger partial charge >= 0.3 is 0 Å². The van der Waals surface area contributed by atoms with E-state index in [1.165, 1.54) is 6.20 Å². The second-order valence-corrected chi connectivity index (χ2v) is 9.24. The molecule has 36 heavy (non-hydrogen) atoms. The second-order valence-electron chi connectivity index (χ2n) is 9.24. The van der Waals surface area contributed by atoms with Crippen LogP contribution in [0.1, 0.15) is 48.5 Å². The van der Waals surface area contributed by atoms with Crippen molar-refractivity contribution in [3.63, 3.8) is 0 Å². The molecule has 5 rings (SSSR count). The van der Waals surface area contributed by atoms with Crippen molar-refractivity contribution in [2.24, 2.45) is 11.7 Å². The lowest BCUT2D eigenvalue weighted by Crippen LogP contribution is -2.20. The van der Waals surface area contributed by atoms with Gasteiger partial charge in [-0.1, -0.05) is 12.1 Å². The third-order valence-electron chi connectivity index (χ3n) is 6.83. The fourth-order valence-electron chi connectivity index (χ4n) is 4.77. The largest absolute Gasteiger partial charge is 0.494 e. The Kier molecular flexibility index (Phi) is 6.60. The summed E-state index contributed by atoms with van der Waals surface area (Å²) in [5, 5.41) is 10.7. The molecule has 2 aliphatic carbocycles. The maximum Gasteiger partial charge on any atom is 0.252 e. The van der Waals surface area contributed by atoms with Crippen LogP contribution in [0.4, 0.5) is 17.2 Å². The SMILES string of the molecule is COc1c(Nc2cc(NC(=O)C3CC3)ncc2C(N)=O)cccc1-c1cnn([C@@H]2CCC[C@@H]2OC)c1. The van der Waals surface area contributed by atoms with Crippen molar-refractivity contribution in [2.45, 2.75) is 44.2 Å². The van der Waals surface area contributed by atoms with Gasteiger partial charge in [-0.2, -0.15) is 5.10 Å². The van der Waals surface area contributed by atoms with Gasteiger partial charge < -0.3 is 25.8 Å². The van der Waals surface area contributed by atoms with Gasteiger partial charge in [-0.05, 0) is 38.2 Å². The fourth-order valence-corrected chi connectivity index (χ4v) is 4.77. The quantitative estimate of drug-likeness (QED) is 0.414. The molecule has 188 valence electrons. The van der Waals surface area contributed by atoms with Crippen LogP contribution in [0.25, 0.3) is 11.1 Å². The van der Waals surface area contributed by atoms with Crippen molar-refractivity contribution >= 4 is 29.0 Å². The van der Waals surface area contributed by atoms with Gasteiger partial charge in [0.15, 0.2) is 0 Å². The first-order valence-electron chi connectivity index (χ1n) is 12.1. The maximum absolute atomic E-state index is 12.2. The van der Waals surface area contributed by atoms with Crippen LogP contribution in [-0.2, 0) is 9.53 Å². The van der Waals surface area contributed by atoms with E-state index < -0.39 is 5.91 Å². The Bertz CT molecular complexity index is 1290. The predicted octanol–water partition coefficient (Wildman–Crippen LogP) is 3.88. The average molecular weight is 491 g/mol. The van der Waals surface area contributed by atoms with E-state index in [4.69, 9.17) is 15.2 Å². The lowest BCUT2D eigenvalue weighted by atomic mass is 10.1. The van der Waals surface area contributed by atoms with Gasteiger partial charge in [0, 0.05) is 42.6 Å². The highest BCUT2D eigenvalue weighted by atomic mass is 16.5. The van der Waals surface area contributed by atoms with E-state index in [1.54, 1.807) is 20.3 Å². The van der Waals surface area contributed by atoms with Gasteiger partial charge in [-0.25, -0.2) is 4.98 Å². The third-order valence-corrected chi connectivity index (χ3v) is 6.83. The predicted molar refractivity (Wildman–Crippen MR) is 135 cm³/mol. The normalized spacial score (nSPS) is 19.2. The minimum atomic E-state index is -0.634. The highest BCUT2D eigenvalue weighted by molar-refractivity contribution is 6.01. The molecule has 0 unspecified atom stereocenters. The van der Waals surface area contributed by atoms with E-state index in [0.29, 0.717) is 22.9 Å². The molecule has 0 saturated heterocycles. The third kappa shape index (κ3) is 4.76. The number of methoxy groups -OCH3 is 2. The number of amides is 2. The summed E-state index contributed by atoms with van der Waals surface area (Å²) in [6, 6.07) is 7.51. The fraction of sp³-hybridized carbons (Fsp3) is 0.385. The summed E-state index contributed by atoms with van der Waals surface area (Å²) in [4.78, 5) is 28.5. The lowest BCUT2D eigenvalue weighted by Gasteiger charge is -2.18. The number of nitrogens with one attached hydrogen (secondary N) is 2. The number of para-hydroxylation sites is 1. The van der Waals surface area contributed by atoms with Crippen molar-refractivity contribution in [1.29, 1.82) is 0 Å². The molecule has 2 heterocycles. The number of carbonyl (C=O) groups excluding carboxylic acids is 2. The molecule has 10 nitrogen and oxygen atoms in total. The number of primary amides is 1. The van der Waals surface area contributed by atoms with Crippen LogP contribution >= 0.6 is 0 Å². The smallest absolute Gasteiger partial charge is 0.252 e. The Morgan fingerprint density at radius 1 is 1.11 bits per heavy atom. The number of hydrogen-bond acceptors (Lipinski definition) is 7. The summed E-state index contributed by atoms with van der Waals surface area (Å²) >= 11 is 0. The molecule has 0 spiro atoms. The monoisotopic (exact) mass is 490 g/mol. The molecule has 1 aromatic carbocycles. The Morgan fingerprint density at radius 2 is 1.94 bits per heavy atom. The number of aromatic nitrogens is 3. The number of ether oxygens (including phenoxy) is 2. The van der Waals surface area contributed by atoms with Crippen LogP contribution in [0, 0.1) is 5.92 Å². The molecule has 2 aliphatic rings. The van der Waals surface area contributed by atoms with Crippen molar-refractivity contribution in [3.8, 4) is 16.9 Å². The summed E-state index contributed by atoms with van der Waals surface area (Å²) < 4.78 is 13.4. The van der Waals surface area contributed by atoms with Crippen LogP contribution in [0.15, 0.2) is 42.9 Å². The number of rotatable bonds is 9. The van der Waals surface area contributed by atoms with Gasteiger partial charge in [0.05, 0.1) is 42.4 Å². The second kappa shape index (κ2) is 9.98. The van der Waals surface area contributed by atoms with E-state index in [-0.39, 0.29) is 29.5 Å². The topological polar surface area (TPSA) is 133 Å². The van der Waals surface area contributed by atoms with Crippen molar-refractivity contribution in [1.82, 2.24) is 14.8 Å². The molecule has 10 heteroatoms. The summed E-state index contributed by atoms with van der Waals surface area (Å²) in [5.74, 6) is 0.253. The van der Waals surface area contributed by atoms with E-state index in [0.717, 1.165) is 43.2 Å². The number of benzene rings is 1. The molecule has 3 aromatic rings. The molecule has 0 bridgehead atoms. The van der Waals surface area contributed by atoms with Crippen LogP contribution in [0.3, 0.4) is 0 Å². The van der Waals surface area contributed by atoms with Crippen molar-refractivity contribution < 1.29 is 19.1 Å². The Balaban J connectivity index is 1.45. The maximum atomic E-state index is 12.2. The van der Waals surface area contributed by atoms with E-state index in [2.05, 4.69) is 20.7 Å². The Hall–Kier alpha value is -3.92. The molecule has 2 saturated carbocycles. The molecular weight excluding hydrogens is 460 g/mol.